The molecule has 0 aliphatic heterocycles. The first kappa shape index (κ1) is 14.8. The maximum absolute atomic E-state index is 6.08. The van der Waals surface area contributed by atoms with Crippen molar-refractivity contribution in [2.75, 3.05) is 0 Å². The van der Waals surface area contributed by atoms with Gasteiger partial charge < -0.3 is 4.42 Å². The summed E-state index contributed by atoms with van der Waals surface area (Å²) in [6.07, 6.45) is 1.57. The van der Waals surface area contributed by atoms with E-state index in [1.165, 1.54) is 10.8 Å². The third kappa shape index (κ3) is 2.29. The molecule has 26 heavy (non-hydrogen) atoms. The van der Waals surface area contributed by atoms with Crippen LogP contribution in [0.5, 0.6) is 0 Å². The van der Waals surface area contributed by atoms with E-state index in [2.05, 4.69) is 59.4 Å². The van der Waals surface area contributed by atoms with Crippen LogP contribution >= 0.6 is 0 Å². The zero-order valence-electron chi connectivity index (χ0n) is 14.3. The van der Waals surface area contributed by atoms with Gasteiger partial charge in [0.25, 0.3) is 0 Å². The molecule has 5 aromatic rings. The molecule has 0 aliphatic rings. The maximum atomic E-state index is 6.08. The molecular weight excluding hydrogens is 320 g/mol. The topological polar surface area (TPSA) is 38.9 Å². The lowest BCUT2D eigenvalue weighted by molar-refractivity contribution is 0.615. The molecule has 2 aromatic heterocycles. The molecule has 0 bridgehead atoms. The predicted molar refractivity (Wildman–Crippen MR) is 105 cm³/mol. The van der Waals surface area contributed by atoms with Gasteiger partial charge in [-0.2, -0.15) is 0 Å². The smallest absolute Gasteiger partial charge is 0.230 e. The summed E-state index contributed by atoms with van der Waals surface area (Å²) in [5, 5.41) is 3.39. The monoisotopic (exact) mass is 336 g/mol. The molecule has 0 amide bonds. The lowest BCUT2D eigenvalue weighted by Gasteiger charge is -2.05. The number of nitrogens with zero attached hydrogens (tertiary/aromatic N) is 2. The minimum Gasteiger partial charge on any atom is -0.437 e. The first-order valence-corrected chi connectivity index (χ1v) is 8.60. The molecule has 0 aliphatic carbocycles. The number of aryl methyl sites for hydroxylation is 1. The summed E-state index contributed by atoms with van der Waals surface area (Å²) >= 11 is 0. The van der Waals surface area contributed by atoms with Crippen LogP contribution < -0.4 is 0 Å². The Hall–Kier alpha value is -3.46. The van der Waals surface area contributed by atoms with Crippen molar-refractivity contribution in [1.29, 1.82) is 0 Å². The van der Waals surface area contributed by atoms with E-state index in [1.54, 1.807) is 6.33 Å². The van der Waals surface area contributed by atoms with Gasteiger partial charge in [0.1, 0.15) is 12.1 Å². The highest BCUT2D eigenvalue weighted by Gasteiger charge is 2.18. The SMILES string of the molecule is Cc1c(-c2ccccc2)oc2ncnc(-c3ccc4ccccc4c3)c12. The Morgan fingerprint density at radius 2 is 1.50 bits per heavy atom. The Labute approximate surface area is 151 Å². The van der Waals surface area contributed by atoms with Gasteiger partial charge in [-0.05, 0) is 23.8 Å². The Bertz CT molecular complexity index is 1240. The normalized spacial score (nSPS) is 11.3. The van der Waals surface area contributed by atoms with Crippen LogP contribution in [0, 0.1) is 6.92 Å². The molecule has 0 atom stereocenters. The van der Waals surface area contributed by atoms with Crippen LogP contribution in [-0.4, -0.2) is 9.97 Å². The zero-order chi connectivity index (χ0) is 17.5. The summed E-state index contributed by atoms with van der Waals surface area (Å²) < 4.78 is 6.08. The standard InChI is InChI=1S/C23H16N2O/c1-15-20-21(19-12-11-16-7-5-6-10-18(16)13-19)24-14-25-23(20)26-22(15)17-8-3-2-4-9-17/h2-14H,1H3. The van der Waals surface area contributed by atoms with Crippen LogP contribution in [0.4, 0.5) is 0 Å². The summed E-state index contributed by atoms with van der Waals surface area (Å²) in [6.45, 7) is 2.07. The summed E-state index contributed by atoms with van der Waals surface area (Å²) in [5.74, 6) is 0.850. The molecule has 0 saturated carbocycles. The Balaban J connectivity index is 1.76. The van der Waals surface area contributed by atoms with Gasteiger partial charge in [-0.1, -0.05) is 66.7 Å². The minimum atomic E-state index is 0.625. The van der Waals surface area contributed by atoms with E-state index in [-0.39, 0.29) is 0 Å². The first-order valence-electron chi connectivity index (χ1n) is 8.60. The summed E-state index contributed by atoms with van der Waals surface area (Å²) in [4.78, 5) is 8.94. The number of hydrogen-bond acceptors (Lipinski definition) is 3. The van der Waals surface area contributed by atoms with Gasteiger partial charge in [-0.25, -0.2) is 9.97 Å². The molecule has 0 fully saturated rings. The van der Waals surface area contributed by atoms with Crippen molar-refractivity contribution in [2.45, 2.75) is 6.92 Å². The number of fused-ring (bicyclic) bond motifs is 2. The van der Waals surface area contributed by atoms with Crippen LogP contribution in [-0.2, 0) is 0 Å². The van der Waals surface area contributed by atoms with E-state index in [4.69, 9.17) is 4.42 Å². The molecule has 0 spiro atoms. The van der Waals surface area contributed by atoms with E-state index in [0.29, 0.717) is 5.71 Å². The molecule has 124 valence electrons. The highest BCUT2D eigenvalue weighted by molar-refractivity contribution is 5.98. The fourth-order valence-electron chi connectivity index (χ4n) is 3.49. The van der Waals surface area contributed by atoms with E-state index in [1.807, 2.05) is 30.3 Å². The molecule has 3 nitrogen and oxygen atoms in total. The van der Waals surface area contributed by atoms with Crippen molar-refractivity contribution < 1.29 is 4.42 Å². The maximum Gasteiger partial charge on any atom is 0.230 e. The molecular formula is C23H16N2O. The van der Waals surface area contributed by atoms with E-state index in [0.717, 1.165) is 33.5 Å². The summed E-state index contributed by atoms with van der Waals surface area (Å²) in [5.41, 5.74) is 4.71. The van der Waals surface area contributed by atoms with Gasteiger partial charge >= 0.3 is 0 Å². The molecule has 3 heteroatoms. The molecule has 0 saturated heterocycles. The second-order valence-electron chi connectivity index (χ2n) is 6.39. The van der Waals surface area contributed by atoms with Crippen molar-refractivity contribution in [1.82, 2.24) is 9.97 Å². The number of furan rings is 1. The van der Waals surface area contributed by atoms with Gasteiger partial charge in [0.05, 0.1) is 11.1 Å². The summed E-state index contributed by atoms with van der Waals surface area (Å²) in [7, 11) is 0. The van der Waals surface area contributed by atoms with E-state index >= 15 is 0 Å². The second-order valence-corrected chi connectivity index (χ2v) is 6.39. The van der Waals surface area contributed by atoms with Crippen LogP contribution in [0.3, 0.4) is 0 Å². The fraction of sp³-hybridized carbons (Fsp3) is 0.0435. The van der Waals surface area contributed by atoms with Crippen LogP contribution in [0.2, 0.25) is 0 Å². The predicted octanol–water partition coefficient (Wildman–Crippen LogP) is 6.02. The third-order valence-electron chi connectivity index (χ3n) is 4.79. The van der Waals surface area contributed by atoms with Gasteiger partial charge in [-0.3, -0.25) is 0 Å². The van der Waals surface area contributed by atoms with Crippen molar-refractivity contribution in [2.24, 2.45) is 0 Å². The Morgan fingerprint density at radius 3 is 2.35 bits per heavy atom. The summed E-state index contributed by atoms with van der Waals surface area (Å²) in [6, 6.07) is 24.9. The largest absolute Gasteiger partial charge is 0.437 e. The molecule has 0 radical (unpaired) electrons. The number of hydrogen-bond donors (Lipinski definition) is 0. The Morgan fingerprint density at radius 1 is 0.731 bits per heavy atom. The van der Waals surface area contributed by atoms with Crippen LogP contribution in [0.25, 0.3) is 44.5 Å². The first-order chi connectivity index (χ1) is 12.8. The molecule has 3 aromatic carbocycles. The van der Waals surface area contributed by atoms with Gasteiger partial charge in [-0.15, -0.1) is 0 Å². The molecule has 0 unspecified atom stereocenters. The third-order valence-corrected chi connectivity index (χ3v) is 4.79. The van der Waals surface area contributed by atoms with Crippen LogP contribution in [0.15, 0.2) is 83.5 Å². The highest BCUT2D eigenvalue weighted by atomic mass is 16.3. The van der Waals surface area contributed by atoms with Crippen molar-refractivity contribution >= 4 is 21.9 Å². The van der Waals surface area contributed by atoms with Crippen molar-refractivity contribution in [3.05, 3.63) is 84.7 Å². The average molecular weight is 336 g/mol. The number of benzene rings is 3. The van der Waals surface area contributed by atoms with E-state index in [9.17, 15) is 0 Å². The van der Waals surface area contributed by atoms with Crippen LogP contribution in [0.1, 0.15) is 5.56 Å². The zero-order valence-corrected chi connectivity index (χ0v) is 14.3. The minimum absolute atomic E-state index is 0.625. The quantitative estimate of drug-likeness (QED) is 0.396. The molecule has 5 rings (SSSR count). The lowest BCUT2D eigenvalue weighted by atomic mass is 10.0. The fourth-order valence-corrected chi connectivity index (χ4v) is 3.49. The Kier molecular flexibility index (Phi) is 3.32. The van der Waals surface area contributed by atoms with E-state index < -0.39 is 0 Å². The number of rotatable bonds is 2. The van der Waals surface area contributed by atoms with Crippen molar-refractivity contribution in [3.8, 4) is 22.6 Å². The highest BCUT2D eigenvalue weighted by Crippen LogP contribution is 2.37. The van der Waals surface area contributed by atoms with Gasteiger partial charge in [0, 0.05) is 16.7 Å². The second kappa shape index (κ2) is 5.81. The average Bonchev–Trinajstić information content (AvgIpc) is 3.05. The van der Waals surface area contributed by atoms with Crippen molar-refractivity contribution in [3.63, 3.8) is 0 Å². The molecule has 0 N–H and O–H groups in total. The molecule has 2 heterocycles. The lowest BCUT2D eigenvalue weighted by Crippen LogP contribution is -1.88. The van der Waals surface area contributed by atoms with Gasteiger partial charge in [0.2, 0.25) is 5.71 Å². The number of aromatic nitrogens is 2. The van der Waals surface area contributed by atoms with Gasteiger partial charge in [0.15, 0.2) is 0 Å².